The molecule has 0 aliphatic carbocycles. The topological polar surface area (TPSA) is 88.5 Å². The Balaban J connectivity index is 2.86. The maximum absolute atomic E-state index is 11.0. The smallest absolute Gasteiger partial charge is 0.305 e. The van der Waals surface area contributed by atoms with Gasteiger partial charge in [-0.15, -0.1) is 0 Å². The fourth-order valence-electron chi connectivity index (χ4n) is 1.39. The molecule has 1 heterocycles. The van der Waals surface area contributed by atoms with Gasteiger partial charge in [-0.3, -0.25) is 9.59 Å². The van der Waals surface area contributed by atoms with E-state index in [1.165, 1.54) is 20.2 Å². The van der Waals surface area contributed by atoms with E-state index in [4.69, 9.17) is 9.84 Å². The number of aliphatic carboxylic acids is 1. The molecule has 17 heavy (non-hydrogen) atoms. The van der Waals surface area contributed by atoms with Crippen molar-refractivity contribution in [2.45, 2.75) is 19.4 Å². The summed E-state index contributed by atoms with van der Waals surface area (Å²) in [6.45, 7) is 1.34. The predicted octanol–water partition coefficient (Wildman–Crippen LogP) is 0.742. The van der Waals surface area contributed by atoms with Crippen LogP contribution in [0.2, 0.25) is 0 Å². The first-order chi connectivity index (χ1) is 8.02. The van der Waals surface area contributed by atoms with E-state index >= 15 is 0 Å². The van der Waals surface area contributed by atoms with Crippen LogP contribution in [-0.4, -0.2) is 29.1 Å². The lowest BCUT2D eigenvalue weighted by Crippen LogP contribution is -2.28. The monoisotopic (exact) mass is 238 g/mol. The second-order valence-electron chi connectivity index (χ2n) is 3.48. The maximum Gasteiger partial charge on any atom is 0.305 e. The molecule has 0 bridgehead atoms. The van der Waals surface area contributed by atoms with E-state index in [-0.39, 0.29) is 12.3 Å². The summed E-state index contributed by atoms with van der Waals surface area (Å²) in [6.07, 6.45) is 1.30. The number of nitrogens with zero attached hydrogens (tertiary/aromatic N) is 1. The zero-order valence-electron chi connectivity index (χ0n) is 9.64. The first kappa shape index (κ1) is 13.0. The first-order valence-corrected chi connectivity index (χ1v) is 5.01. The van der Waals surface area contributed by atoms with E-state index in [2.05, 4.69) is 10.3 Å². The van der Waals surface area contributed by atoms with Crippen LogP contribution >= 0.6 is 0 Å². The molecule has 0 fully saturated rings. The van der Waals surface area contributed by atoms with Crippen molar-refractivity contribution in [2.75, 3.05) is 7.11 Å². The van der Waals surface area contributed by atoms with Gasteiger partial charge in [-0.05, 0) is 5.56 Å². The number of aromatic nitrogens is 1. The normalized spacial score (nSPS) is 11.6. The number of hydrogen-bond donors (Lipinski definition) is 2. The first-order valence-electron chi connectivity index (χ1n) is 5.01. The van der Waals surface area contributed by atoms with Crippen LogP contribution in [0, 0.1) is 0 Å². The predicted molar refractivity (Wildman–Crippen MR) is 59.6 cm³/mol. The van der Waals surface area contributed by atoms with Gasteiger partial charge in [0.25, 0.3) is 0 Å². The Kier molecular flexibility index (Phi) is 4.45. The Hall–Kier alpha value is -2.11. The van der Waals surface area contributed by atoms with E-state index < -0.39 is 12.0 Å². The van der Waals surface area contributed by atoms with Crippen LogP contribution in [-0.2, 0) is 9.59 Å². The van der Waals surface area contributed by atoms with Gasteiger partial charge in [-0.25, -0.2) is 4.98 Å². The summed E-state index contributed by atoms with van der Waals surface area (Å²) in [5.41, 5.74) is 0.628. The number of ether oxygens (including phenoxy) is 1. The minimum Gasteiger partial charge on any atom is -0.481 e. The molecule has 1 atom stereocenters. The Morgan fingerprint density at radius 1 is 1.53 bits per heavy atom. The van der Waals surface area contributed by atoms with Gasteiger partial charge in [0.2, 0.25) is 11.8 Å². The van der Waals surface area contributed by atoms with Crippen LogP contribution in [0.5, 0.6) is 5.88 Å². The molecule has 0 aliphatic heterocycles. The number of carboxylic acid groups (broad SMARTS) is 1. The van der Waals surface area contributed by atoms with Gasteiger partial charge >= 0.3 is 5.97 Å². The zero-order valence-corrected chi connectivity index (χ0v) is 9.64. The maximum atomic E-state index is 11.0. The quantitative estimate of drug-likeness (QED) is 0.789. The molecule has 1 aromatic rings. The van der Waals surface area contributed by atoms with Crippen LogP contribution in [0.4, 0.5) is 0 Å². The van der Waals surface area contributed by atoms with Crippen LogP contribution in [0.25, 0.3) is 0 Å². The fraction of sp³-hybridized carbons (Fsp3) is 0.364. The van der Waals surface area contributed by atoms with Crippen molar-refractivity contribution < 1.29 is 19.4 Å². The summed E-state index contributed by atoms with van der Waals surface area (Å²) in [4.78, 5) is 25.6. The summed E-state index contributed by atoms with van der Waals surface area (Å²) in [6, 6.07) is 2.71. The zero-order chi connectivity index (χ0) is 12.8. The number of pyridine rings is 1. The van der Waals surface area contributed by atoms with Gasteiger partial charge in [0, 0.05) is 19.2 Å². The Labute approximate surface area is 98.6 Å². The van der Waals surface area contributed by atoms with Crippen LogP contribution in [0.1, 0.15) is 24.9 Å². The summed E-state index contributed by atoms with van der Waals surface area (Å²) in [7, 11) is 1.49. The van der Waals surface area contributed by atoms with Crippen LogP contribution in [0.3, 0.4) is 0 Å². The van der Waals surface area contributed by atoms with E-state index in [1.807, 2.05) is 0 Å². The average molecular weight is 238 g/mol. The number of amides is 1. The van der Waals surface area contributed by atoms with Crippen molar-refractivity contribution in [2.24, 2.45) is 0 Å². The van der Waals surface area contributed by atoms with Gasteiger partial charge in [0.1, 0.15) is 0 Å². The van der Waals surface area contributed by atoms with E-state index in [0.29, 0.717) is 11.4 Å². The third-order valence-corrected chi connectivity index (χ3v) is 2.13. The molecule has 1 rings (SSSR count). The highest BCUT2D eigenvalue weighted by Crippen LogP contribution is 2.18. The minimum absolute atomic E-state index is 0.187. The lowest BCUT2D eigenvalue weighted by Gasteiger charge is -2.15. The van der Waals surface area contributed by atoms with Gasteiger partial charge in [-0.1, -0.05) is 6.07 Å². The molecule has 1 amide bonds. The number of rotatable bonds is 5. The largest absolute Gasteiger partial charge is 0.481 e. The summed E-state index contributed by atoms with van der Waals surface area (Å²) in [5, 5.41) is 11.3. The molecule has 92 valence electrons. The van der Waals surface area contributed by atoms with Gasteiger partial charge in [-0.2, -0.15) is 0 Å². The second-order valence-corrected chi connectivity index (χ2v) is 3.48. The third kappa shape index (κ3) is 4.10. The van der Waals surface area contributed by atoms with Crippen molar-refractivity contribution in [3.63, 3.8) is 0 Å². The Bertz CT molecular complexity index is 386. The van der Waals surface area contributed by atoms with E-state index in [0.717, 1.165) is 0 Å². The summed E-state index contributed by atoms with van der Waals surface area (Å²) >= 11 is 0. The number of methoxy groups -OCH3 is 1. The minimum atomic E-state index is -0.987. The third-order valence-electron chi connectivity index (χ3n) is 2.13. The number of hydrogen-bond acceptors (Lipinski definition) is 4. The number of carboxylic acids is 1. The van der Waals surface area contributed by atoms with Crippen LogP contribution < -0.4 is 10.1 Å². The number of carbonyl (C=O) groups is 2. The molecular formula is C11H14N2O4. The van der Waals surface area contributed by atoms with E-state index in [9.17, 15) is 9.59 Å². The van der Waals surface area contributed by atoms with Gasteiger partial charge < -0.3 is 15.2 Å². The molecular weight excluding hydrogens is 224 g/mol. The lowest BCUT2D eigenvalue weighted by molar-refractivity contribution is -0.137. The molecule has 6 nitrogen and oxygen atoms in total. The molecule has 0 saturated heterocycles. The van der Waals surface area contributed by atoms with Crippen molar-refractivity contribution in [3.05, 3.63) is 23.9 Å². The molecule has 2 N–H and O–H groups in total. The number of carbonyl (C=O) groups excluding carboxylic acids is 1. The molecule has 6 heteroatoms. The second kappa shape index (κ2) is 5.83. The van der Waals surface area contributed by atoms with Crippen LogP contribution in [0.15, 0.2) is 18.3 Å². The molecule has 1 aromatic heterocycles. The molecule has 0 radical (unpaired) electrons. The summed E-state index contributed by atoms with van der Waals surface area (Å²) in [5.74, 6) is -0.836. The van der Waals surface area contributed by atoms with Gasteiger partial charge in [0.15, 0.2) is 0 Å². The Morgan fingerprint density at radius 2 is 2.24 bits per heavy atom. The molecule has 0 aromatic carbocycles. The van der Waals surface area contributed by atoms with E-state index in [1.54, 1.807) is 12.1 Å². The highest BCUT2D eigenvalue weighted by Gasteiger charge is 2.16. The van der Waals surface area contributed by atoms with Crippen molar-refractivity contribution >= 4 is 11.9 Å². The summed E-state index contributed by atoms with van der Waals surface area (Å²) < 4.78 is 4.90. The Morgan fingerprint density at radius 3 is 2.65 bits per heavy atom. The molecule has 0 saturated carbocycles. The number of nitrogens with one attached hydrogen (secondary N) is 1. The average Bonchev–Trinajstić information content (AvgIpc) is 2.27. The lowest BCUT2D eigenvalue weighted by atomic mass is 10.1. The highest BCUT2D eigenvalue weighted by atomic mass is 16.5. The fourth-order valence-corrected chi connectivity index (χ4v) is 1.39. The highest BCUT2D eigenvalue weighted by molar-refractivity contribution is 5.75. The van der Waals surface area contributed by atoms with Gasteiger partial charge in [0.05, 0.1) is 19.6 Å². The SMILES string of the molecule is COc1ccc([C@H](CC(=O)O)NC(C)=O)cn1. The van der Waals surface area contributed by atoms with Crippen molar-refractivity contribution in [1.82, 2.24) is 10.3 Å². The van der Waals surface area contributed by atoms with Crippen molar-refractivity contribution in [3.8, 4) is 5.88 Å². The van der Waals surface area contributed by atoms with Crippen molar-refractivity contribution in [1.29, 1.82) is 0 Å². The molecule has 0 aliphatic rings. The molecule has 0 spiro atoms. The molecule has 0 unspecified atom stereocenters. The standard InChI is InChI=1S/C11H14N2O4/c1-7(14)13-9(5-11(15)16)8-3-4-10(17-2)12-6-8/h3-4,6,9H,5H2,1-2H3,(H,13,14)(H,15,16)/t9-/m0/s1.